The summed E-state index contributed by atoms with van der Waals surface area (Å²) in [5.74, 6) is -4.64. The van der Waals surface area contributed by atoms with E-state index in [1.54, 1.807) is 0 Å². The summed E-state index contributed by atoms with van der Waals surface area (Å²) in [6.07, 6.45) is 7.10. The molecule has 0 bridgehead atoms. The van der Waals surface area contributed by atoms with Gasteiger partial charge in [0.05, 0.1) is 0 Å². The van der Waals surface area contributed by atoms with Gasteiger partial charge in [0, 0.05) is 12.3 Å². The first-order valence-electron chi connectivity index (χ1n) is 14.4. The topological polar surface area (TPSA) is 0 Å². The molecule has 0 nitrogen and oxygen atoms in total. The Morgan fingerprint density at radius 3 is 1.65 bits per heavy atom. The van der Waals surface area contributed by atoms with Gasteiger partial charge in [0.1, 0.15) is 17.2 Å². The quantitative estimate of drug-likeness (QED) is 0.305. The third kappa shape index (κ3) is 7.03. The molecular formula is C30H41F7. The molecule has 1 aromatic carbocycles. The molecule has 0 aliphatic heterocycles. The molecule has 4 rings (SSSR count). The predicted octanol–water partition coefficient (Wildman–Crippen LogP) is 10.7. The van der Waals surface area contributed by atoms with E-state index in [2.05, 4.69) is 6.92 Å². The van der Waals surface area contributed by atoms with E-state index >= 15 is 8.78 Å². The fraction of sp³-hybridized carbons (Fsp3) is 0.800. The van der Waals surface area contributed by atoms with E-state index in [0.29, 0.717) is 49.0 Å². The molecule has 0 unspecified atom stereocenters. The Balaban J connectivity index is 1.23. The highest BCUT2D eigenvalue weighted by atomic mass is 19.4. The first-order valence-corrected chi connectivity index (χ1v) is 14.4. The minimum absolute atomic E-state index is 0.0145. The molecule has 3 saturated carbocycles. The van der Waals surface area contributed by atoms with Crippen LogP contribution in [-0.2, 0) is 6.18 Å². The van der Waals surface area contributed by atoms with Crippen molar-refractivity contribution in [3.8, 4) is 0 Å². The van der Waals surface area contributed by atoms with E-state index in [1.165, 1.54) is 0 Å². The van der Waals surface area contributed by atoms with Gasteiger partial charge < -0.3 is 0 Å². The van der Waals surface area contributed by atoms with E-state index in [1.807, 2.05) is 0 Å². The van der Waals surface area contributed by atoms with Gasteiger partial charge in [-0.3, -0.25) is 0 Å². The van der Waals surface area contributed by atoms with Crippen molar-refractivity contribution in [2.75, 3.05) is 0 Å². The lowest BCUT2D eigenvalue weighted by Crippen LogP contribution is -2.35. The predicted molar refractivity (Wildman–Crippen MR) is 131 cm³/mol. The Labute approximate surface area is 216 Å². The number of hydrogen-bond acceptors (Lipinski definition) is 0. The molecule has 3 aliphatic carbocycles. The minimum atomic E-state index is -5.05. The Morgan fingerprint density at radius 2 is 1.16 bits per heavy atom. The number of alkyl halides is 5. The second kappa shape index (κ2) is 11.9. The summed E-state index contributed by atoms with van der Waals surface area (Å²) < 4.78 is 96.9. The first-order chi connectivity index (χ1) is 17.5. The summed E-state index contributed by atoms with van der Waals surface area (Å²) in [4.78, 5) is 0. The van der Waals surface area contributed by atoms with Gasteiger partial charge in [-0.05, 0) is 124 Å². The molecule has 210 valence electrons. The van der Waals surface area contributed by atoms with E-state index in [-0.39, 0.29) is 18.3 Å². The van der Waals surface area contributed by atoms with Gasteiger partial charge in [0.25, 0.3) is 5.92 Å². The van der Waals surface area contributed by atoms with E-state index in [4.69, 9.17) is 0 Å². The lowest BCUT2D eigenvalue weighted by molar-refractivity contribution is -0.142. The zero-order chi connectivity index (χ0) is 26.8. The molecule has 0 amide bonds. The van der Waals surface area contributed by atoms with Crippen molar-refractivity contribution in [3.05, 3.63) is 34.9 Å². The highest BCUT2D eigenvalue weighted by Gasteiger charge is 2.44. The normalized spacial score (nSPS) is 31.9. The maximum Gasteiger partial charge on any atom is 0.422 e. The second-order valence-corrected chi connectivity index (χ2v) is 12.2. The molecular weight excluding hydrogens is 493 g/mol. The summed E-state index contributed by atoms with van der Waals surface area (Å²) >= 11 is 0. The first kappa shape index (κ1) is 28.7. The SMILES string of the molecule is CCCC1CCC(C(F)(F)CC2CCC(C3CCC(c4cc(F)c(C(F)(F)F)c(F)c4)CC3)CC2)CC1. The van der Waals surface area contributed by atoms with Crippen LogP contribution in [0.25, 0.3) is 0 Å². The Morgan fingerprint density at radius 1 is 0.676 bits per heavy atom. The van der Waals surface area contributed by atoms with Crippen molar-refractivity contribution in [2.45, 2.75) is 121 Å². The second-order valence-electron chi connectivity index (χ2n) is 12.2. The molecule has 0 N–H and O–H groups in total. The van der Waals surface area contributed by atoms with Crippen LogP contribution in [0.2, 0.25) is 0 Å². The molecule has 3 aliphatic rings. The van der Waals surface area contributed by atoms with Gasteiger partial charge in [-0.2, -0.15) is 13.2 Å². The molecule has 0 heterocycles. The van der Waals surface area contributed by atoms with E-state index in [0.717, 1.165) is 76.3 Å². The molecule has 0 saturated heterocycles. The number of rotatable bonds is 7. The average molecular weight is 535 g/mol. The van der Waals surface area contributed by atoms with E-state index in [9.17, 15) is 22.0 Å². The largest absolute Gasteiger partial charge is 0.422 e. The number of hydrogen-bond donors (Lipinski definition) is 0. The van der Waals surface area contributed by atoms with Gasteiger partial charge in [-0.25, -0.2) is 17.6 Å². The third-order valence-electron chi connectivity index (χ3n) is 9.85. The van der Waals surface area contributed by atoms with Crippen molar-refractivity contribution < 1.29 is 30.7 Å². The number of benzene rings is 1. The smallest absolute Gasteiger partial charge is 0.207 e. The fourth-order valence-corrected chi connectivity index (χ4v) is 7.72. The Kier molecular flexibility index (Phi) is 9.21. The summed E-state index contributed by atoms with van der Waals surface area (Å²) in [6, 6.07) is 1.69. The summed E-state index contributed by atoms with van der Waals surface area (Å²) in [6.45, 7) is 2.16. The highest BCUT2D eigenvalue weighted by Crippen LogP contribution is 2.48. The Bertz CT molecular complexity index is 845. The van der Waals surface area contributed by atoms with Gasteiger partial charge in [-0.15, -0.1) is 0 Å². The van der Waals surface area contributed by atoms with Crippen molar-refractivity contribution in [2.24, 2.45) is 29.6 Å². The maximum absolute atomic E-state index is 15.1. The van der Waals surface area contributed by atoms with Crippen molar-refractivity contribution in [3.63, 3.8) is 0 Å². The molecule has 0 atom stereocenters. The van der Waals surface area contributed by atoms with Gasteiger partial charge in [-0.1, -0.05) is 19.8 Å². The average Bonchev–Trinajstić information content (AvgIpc) is 2.84. The molecule has 0 radical (unpaired) electrons. The summed E-state index contributed by atoms with van der Waals surface area (Å²) in [5, 5.41) is 0. The van der Waals surface area contributed by atoms with Crippen LogP contribution in [-0.4, -0.2) is 5.92 Å². The van der Waals surface area contributed by atoms with Crippen LogP contribution in [0, 0.1) is 41.2 Å². The fourth-order valence-electron chi connectivity index (χ4n) is 7.72. The number of halogens is 7. The van der Waals surface area contributed by atoms with Crippen LogP contribution in [0.3, 0.4) is 0 Å². The third-order valence-corrected chi connectivity index (χ3v) is 9.85. The van der Waals surface area contributed by atoms with Crippen LogP contribution >= 0.6 is 0 Å². The van der Waals surface area contributed by atoms with Gasteiger partial charge in [0.2, 0.25) is 0 Å². The Hall–Kier alpha value is -1.27. The molecule has 7 heteroatoms. The molecule has 0 spiro atoms. The van der Waals surface area contributed by atoms with E-state index < -0.39 is 35.2 Å². The van der Waals surface area contributed by atoms with Crippen molar-refractivity contribution >= 4 is 0 Å². The minimum Gasteiger partial charge on any atom is -0.207 e. The molecule has 1 aromatic rings. The highest BCUT2D eigenvalue weighted by molar-refractivity contribution is 5.30. The van der Waals surface area contributed by atoms with Crippen LogP contribution < -0.4 is 0 Å². The molecule has 37 heavy (non-hydrogen) atoms. The van der Waals surface area contributed by atoms with Crippen LogP contribution in [0.1, 0.15) is 120 Å². The molecule has 3 fully saturated rings. The summed E-state index contributed by atoms with van der Waals surface area (Å²) in [7, 11) is 0. The van der Waals surface area contributed by atoms with Crippen LogP contribution in [0.4, 0.5) is 30.7 Å². The molecule has 0 aromatic heterocycles. The summed E-state index contributed by atoms with van der Waals surface area (Å²) in [5.41, 5.74) is -1.52. The van der Waals surface area contributed by atoms with Crippen molar-refractivity contribution in [1.29, 1.82) is 0 Å². The van der Waals surface area contributed by atoms with Gasteiger partial charge >= 0.3 is 6.18 Å². The van der Waals surface area contributed by atoms with Crippen molar-refractivity contribution in [1.82, 2.24) is 0 Å². The van der Waals surface area contributed by atoms with Crippen LogP contribution in [0.15, 0.2) is 12.1 Å². The standard InChI is InChI=1S/C30H41F7/c1-2-3-19-6-14-25(15-7-19)29(33,34)18-20-4-8-21(9-5-20)22-10-12-23(13-11-22)24-16-26(31)28(27(32)17-24)30(35,36)37/h16-17,19-23,25H,2-15,18H2,1H3. The monoisotopic (exact) mass is 534 g/mol. The van der Waals surface area contributed by atoms with Gasteiger partial charge in [0.15, 0.2) is 0 Å². The maximum atomic E-state index is 15.1. The lowest BCUT2D eigenvalue weighted by atomic mass is 9.67. The van der Waals surface area contributed by atoms with Crippen LogP contribution in [0.5, 0.6) is 0 Å². The lowest BCUT2D eigenvalue weighted by Gasteiger charge is -2.40. The zero-order valence-electron chi connectivity index (χ0n) is 21.9. The zero-order valence-corrected chi connectivity index (χ0v) is 21.9.